The van der Waals surface area contributed by atoms with Gasteiger partial charge >= 0.3 is 0 Å². The van der Waals surface area contributed by atoms with Crippen molar-refractivity contribution in [3.05, 3.63) is 45.7 Å². The van der Waals surface area contributed by atoms with Crippen LogP contribution in [0.4, 0.5) is 5.69 Å². The second-order valence-electron chi connectivity index (χ2n) is 4.47. The lowest BCUT2D eigenvalue weighted by molar-refractivity contribution is 0.357. The number of nitrogens with zero attached hydrogens (tertiary/aromatic N) is 1. The summed E-state index contributed by atoms with van der Waals surface area (Å²) in [7, 11) is -3.80. The summed E-state index contributed by atoms with van der Waals surface area (Å²) in [4.78, 5) is 3.75. The van der Waals surface area contributed by atoms with Gasteiger partial charge in [-0.25, -0.2) is 13.4 Å². The highest BCUT2D eigenvalue weighted by molar-refractivity contribution is 9.10. The van der Waals surface area contributed by atoms with E-state index in [-0.39, 0.29) is 10.0 Å². The summed E-state index contributed by atoms with van der Waals surface area (Å²) in [5, 5.41) is -0.0739. The Morgan fingerprint density at radius 3 is 2.95 bits per heavy atom. The van der Waals surface area contributed by atoms with Crippen LogP contribution < -0.4 is 9.46 Å². The van der Waals surface area contributed by atoms with Crippen molar-refractivity contribution >= 4 is 43.2 Å². The number of aromatic nitrogens is 1. The lowest BCUT2D eigenvalue weighted by Crippen LogP contribution is -2.14. The molecule has 1 aliphatic rings. The fourth-order valence-electron chi connectivity index (χ4n) is 2.05. The Bertz CT molecular complexity index is 811. The van der Waals surface area contributed by atoms with Gasteiger partial charge < -0.3 is 4.74 Å². The minimum Gasteiger partial charge on any atom is -0.493 e. The van der Waals surface area contributed by atoms with Crippen molar-refractivity contribution < 1.29 is 13.2 Å². The Morgan fingerprint density at radius 2 is 2.14 bits per heavy atom. The number of ether oxygens (including phenoxy) is 1. The van der Waals surface area contributed by atoms with Gasteiger partial charge in [0.1, 0.15) is 15.8 Å². The maximum absolute atomic E-state index is 12.4. The van der Waals surface area contributed by atoms with Gasteiger partial charge in [-0.2, -0.15) is 0 Å². The minimum absolute atomic E-state index is 0.0738. The van der Waals surface area contributed by atoms with Crippen molar-refractivity contribution in [3.8, 4) is 5.75 Å². The average molecular weight is 390 g/mol. The molecule has 8 heteroatoms. The van der Waals surface area contributed by atoms with Crippen LogP contribution in [-0.2, 0) is 16.4 Å². The Morgan fingerprint density at radius 1 is 1.33 bits per heavy atom. The fourth-order valence-corrected chi connectivity index (χ4v) is 4.05. The van der Waals surface area contributed by atoms with Gasteiger partial charge in [0.15, 0.2) is 0 Å². The molecule has 21 heavy (non-hydrogen) atoms. The summed E-state index contributed by atoms with van der Waals surface area (Å²) in [5.41, 5.74) is 1.45. The zero-order valence-corrected chi connectivity index (χ0v) is 13.8. The van der Waals surface area contributed by atoms with E-state index in [1.807, 2.05) is 0 Å². The number of hydrogen-bond acceptors (Lipinski definition) is 4. The second-order valence-corrected chi connectivity index (χ2v) is 7.39. The maximum Gasteiger partial charge on any atom is 0.265 e. The second kappa shape index (κ2) is 5.47. The van der Waals surface area contributed by atoms with Crippen LogP contribution in [-0.4, -0.2) is 20.0 Å². The lowest BCUT2D eigenvalue weighted by atomic mass is 10.1. The Kier molecular flexibility index (Phi) is 3.81. The van der Waals surface area contributed by atoms with E-state index in [1.165, 1.54) is 12.3 Å². The van der Waals surface area contributed by atoms with Crippen LogP contribution in [0.25, 0.3) is 0 Å². The molecule has 5 nitrogen and oxygen atoms in total. The molecular weight excluding hydrogens is 380 g/mol. The molecule has 0 unspecified atom stereocenters. The Hall–Kier alpha value is -1.31. The number of sulfonamides is 1. The van der Waals surface area contributed by atoms with Gasteiger partial charge in [0.05, 0.1) is 6.61 Å². The van der Waals surface area contributed by atoms with Crippen LogP contribution in [0.5, 0.6) is 5.75 Å². The predicted molar refractivity (Wildman–Crippen MR) is 83.4 cm³/mol. The molecule has 1 aromatic carbocycles. The van der Waals surface area contributed by atoms with Crippen LogP contribution in [0.3, 0.4) is 0 Å². The molecule has 0 amide bonds. The zero-order valence-electron chi connectivity index (χ0n) is 10.6. The van der Waals surface area contributed by atoms with Gasteiger partial charge in [0.25, 0.3) is 10.0 Å². The number of rotatable bonds is 3. The minimum atomic E-state index is -3.80. The van der Waals surface area contributed by atoms with Gasteiger partial charge in [0, 0.05) is 22.8 Å². The van der Waals surface area contributed by atoms with Gasteiger partial charge in [-0.05, 0) is 45.8 Å². The lowest BCUT2D eigenvalue weighted by Gasteiger charge is -2.10. The molecule has 0 aliphatic carbocycles. The monoisotopic (exact) mass is 388 g/mol. The summed E-state index contributed by atoms with van der Waals surface area (Å²) in [5.74, 6) is 0.792. The standard InChI is InChI=1S/C13H10BrClN2O3S/c14-9-6-12(13(15)16-7-9)21(18,19)17-10-1-2-11-8(5-10)3-4-20-11/h1-2,5-7,17H,3-4H2. The van der Waals surface area contributed by atoms with Crippen LogP contribution in [0.2, 0.25) is 5.15 Å². The first-order chi connectivity index (χ1) is 9.95. The van der Waals surface area contributed by atoms with E-state index >= 15 is 0 Å². The van der Waals surface area contributed by atoms with Crippen LogP contribution in [0, 0.1) is 0 Å². The number of hydrogen-bond donors (Lipinski definition) is 1. The summed E-state index contributed by atoms with van der Waals surface area (Å²) in [6, 6.07) is 6.58. The highest BCUT2D eigenvalue weighted by atomic mass is 79.9. The van der Waals surface area contributed by atoms with Crippen LogP contribution in [0.15, 0.2) is 39.8 Å². The molecular formula is C13H10BrClN2O3S. The van der Waals surface area contributed by atoms with E-state index in [9.17, 15) is 8.42 Å². The number of anilines is 1. The van der Waals surface area contributed by atoms with Crippen LogP contribution in [0.1, 0.15) is 5.56 Å². The summed E-state index contributed by atoms with van der Waals surface area (Å²) >= 11 is 9.05. The third-order valence-electron chi connectivity index (χ3n) is 3.00. The maximum atomic E-state index is 12.4. The molecule has 2 aromatic rings. The SMILES string of the molecule is O=S(=O)(Nc1ccc2c(c1)CCO2)c1cc(Br)cnc1Cl. The molecule has 0 bridgehead atoms. The first kappa shape index (κ1) is 14.6. The smallest absolute Gasteiger partial charge is 0.265 e. The molecule has 1 aliphatic heterocycles. The normalized spacial score (nSPS) is 13.6. The largest absolute Gasteiger partial charge is 0.493 e. The highest BCUT2D eigenvalue weighted by Gasteiger charge is 2.21. The van der Waals surface area contributed by atoms with Gasteiger partial charge in [-0.3, -0.25) is 4.72 Å². The fraction of sp³-hybridized carbons (Fsp3) is 0.154. The molecule has 110 valence electrons. The van der Waals surface area contributed by atoms with E-state index in [4.69, 9.17) is 16.3 Å². The summed E-state index contributed by atoms with van der Waals surface area (Å²) in [6.07, 6.45) is 2.21. The molecule has 0 saturated carbocycles. The molecule has 1 aromatic heterocycles. The Labute approximate surface area is 135 Å². The van der Waals surface area contributed by atoms with E-state index in [0.717, 1.165) is 17.7 Å². The number of fused-ring (bicyclic) bond motifs is 1. The quantitative estimate of drug-likeness (QED) is 0.818. The van der Waals surface area contributed by atoms with Gasteiger partial charge in [-0.15, -0.1) is 0 Å². The van der Waals surface area contributed by atoms with Crippen molar-refractivity contribution in [3.63, 3.8) is 0 Å². The van der Waals surface area contributed by atoms with E-state index in [1.54, 1.807) is 18.2 Å². The summed E-state index contributed by atoms with van der Waals surface area (Å²) < 4.78 is 33.2. The number of nitrogens with one attached hydrogen (secondary N) is 1. The molecule has 0 spiro atoms. The molecule has 2 heterocycles. The van der Waals surface area contributed by atoms with Gasteiger partial charge in [0.2, 0.25) is 0 Å². The van der Waals surface area contributed by atoms with Crippen molar-refractivity contribution in [2.24, 2.45) is 0 Å². The van der Waals surface area contributed by atoms with Crippen molar-refractivity contribution in [2.75, 3.05) is 11.3 Å². The van der Waals surface area contributed by atoms with E-state index < -0.39 is 10.0 Å². The first-order valence-electron chi connectivity index (χ1n) is 6.05. The van der Waals surface area contributed by atoms with Gasteiger partial charge in [-0.1, -0.05) is 11.6 Å². The van der Waals surface area contributed by atoms with E-state index in [0.29, 0.717) is 16.8 Å². The van der Waals surface area contributed by atoms with E-state index in [2.05, 4.69) is 25.6 Å². The Balaban J connectivity index is 1.94. The first-order valence-corrected chi connectivity index (χ1v) is 8.71. The molecule has 1 N–H and O–H groups in total. The number of pyridine rings is 1. The van der Waals surface area contributed by atoms with Crippen molar-refractivity contribution in [1.29, 1.82) is 0 Å². The zero-order chi connectivity index (χ0) is 15.0. The summed E-state index contributed by atoms with van der Waals surface area (Å²) in [6.45, 7) is 0.618. The molecule has 0 atom stereocenters. The predicted octanol–water partition coefficient (Wildman–Crippen LogP) is 3.23. The molecule has 0 saturated heterocycles. The third-order valence-corrected chi connectivity index (χ3v) is 5.25. The highest BCUT2D eigenvalue weighted by Crippen LogP contribution is 2.30. The topological polar surface area (TPSA) is 68.3 Å². The molecule has 0 radical (unpaired) electrons. The molecule has 0 fully saturated rings. The van der Waals surface area contributed by atoms with Crippen molar-refractivity contribution in [2.45, 2.75) is 11.3 Å². The van der Waals surface area contributed by atoms with Crippen LogP contribution >= 0.6 is 27.5 Å². The number of halogens is 2. The number of benzene rings is 1. The van der Waals surface area contributed by atoms with Crippen molar-refractivity contribution in [1.82, 2.24) is 4.98 Å². The molecule has 3 rings (SSSR count). The average Bonchev–Trinajstić information content (AvgIpc) is 2.88. The third kappa shape index (κ3) is 3.00.